The summed E-state index contributed by atoms with van der Waals surface area (Å²) in [6, 6.07) is 11.3. The van der Waals surface area contributed by atoms with Crippen LogP contribution in [0.4, 0.5) is 11.6 Å². The van der Waals surface area contributed by atoms with Gasteiger partial charge in [-0.1, -0.05) is 6.07 Å². The third kappa shape index (κ3) is 3.30. The molecule has 3 N–H and O–H groups in total. The van der Waals surface area contributed by atoms with Crippen molar-refractivity contribution in [2.45, 2.75) is 6.04 Å². The van der Waals surface area contributed by atoms with Crippen LogP contribution in [0.15, 0.2) is 65.8 Å². The lowest BCUT2D eigenvalue weighted by atomic mass is 10.0. The normalized spacial score (nSPS) is 14.0. The molecular formula is C21H18N6O2. The fourth-order valence-corrected chi connectivity index (χ4v) is 3.43. The summed E-state index contributed by atoms with van der Waals surface area (Å²) in [4.78, 5) is 27.3. The van der Waals surface area contributed by atoms with Crippen molar-refractivity contribution in [2.24, 2.45) is 5.73 Å². The molecule has 144 valence electrons. The van der Waals surface area contributed by atoms with E-state index in [0.29, 0.717) is 17.1 Å². The summed E-state index contributed by atoms with van der Waals surface area (Å²) in [6.45, 7) is 1.46. The van der Waals surface area contributed by atoms with Crippen molar-refractivity contribution in [1.82, 2.24) is 15.0 Å². The average Bonchev–Trinajstić information content (AvgIpc) is 3.26. The highest BCUT2D eigenvalue weighted by atomic mass is 16.3. The van der Waals surface area contributed by atoms with Crippen molar-refractivity contribution in [3.63, 3.8) is 0 Å². The Morgan fingerprint density at radius 3 is 2.69 bits per heavy atom. The molecule has 0 spiro atoms. The number of hydrogen-bond donors (Lipinski definition) is 2. The van der Waals surface area contributed by atoms with Crippen LogP contribution in [0.5, 0.6) is 0 Å². The quantitative estimate of drug-likeness (QED) is 0.555. The number of carbonyl (C=O) groups is 1. The van der Waals surface area contributed by atoms with E-state index in [4.69, 9.17) is 15.1 Å². The molecule has 1 aliphatic rings. The van der Waals surface area contributed by atoms with Gasteiger partial charge in [0.15, 0.2) is 12.2 Å². The van der Waals surface area contributed by atoms with Gasteiger partial charge < -0.3 is 20.4 Å². The van der Waals surface area contributed by atoms with Crippen LogP contribution < -0.4 is 16.0 Å². The molecule has 0 bridgehead atoms. The number of fused-ring (bicyclic) bond motifs is 1. The van der Waals surface area contributed by atoms with Crippen molar-refractivity contribution >= 4 is 28.3 Å². The van der Waals surface area contributed by atoms with Crippen LogP contribution >= 0.6 is 0 Å². The summed E-state index contributed by atoms with van der Waals surface area (Å²) in [6.07, 6.45) is 6.24. The first-order valence-electron chi connectivity index (χ1n) is 9.23. The molecule has 8 heteroatoms. The molecule has 1 fully saturated rings. The van der Waals surface area contributed by atoms with E-state index in [2.05, 4.69) is 20.2 Å². The number of hydrogen-bond acceptors (Lipinski definition) is 7. The number of nitrogens with one attached hydrogen (secondary N) is 1. The standard InChI is InChI=1S/C21H18N6O2/c22-16-10-27(11-16)20-17-2-1-14(18-9-24-12-29-18)7-15(17)8-19(25-20)26-21(28)13-3-5-23-6-4-13/h1-9,12,16H,10-11,22H2,(H,25,26,28). The molecule has 1 aliphatic heterocycles. The van der Waals surface area contributed by atoms with Gasteiger partial charge in [-0.15, -0.1) is 0 Å². The molecule has 8 nitrogen and oxygen atoms in total. The first kappa shape index (κ1) is 17.3. The second kappa shape index (κ2) is 6.99. The highest BCUT2D eigenvalue weighted by Crippen LogP contribution is 2.33. The van der Waals surface area contributed by atoms with Gasteiger partial charge in [-0.2, -0.15) is 0 Å². The molecule has 4 heterocycles. The van der Waals surface area contributed by atoms with Gasteiger partial charge in [0, 0.05) is 48.0 Å². The topological polar surface area (TPSA) is 110 Å². The number of nitrogens with zero attached hydrogens (tertiary/aromatic N) is 4. The molecule has 0 unspecified atom stereocenters. The van der Waals surface area contributed by atoms with Crippen molar-refractivity contribution in [1.29, 1.82) is 0 Å². The minimum atomic E-state index is -0.239. The molecule has 0 radical (unpaired) electrons. The molecule has 3 aromatic heterocycles. The van der Waals surface area contributed by atoms with Gasteiger partial charge in [-0.05, 0) is 35.7 Å². The number of rotatable bonds is 4. The van der Waals surface area contributed by atoms with E-state index in [0.717, 1.165) is 35.2 Å². The van der Waals surface area contributed by atoms with Crippen LogP contribution in [0.2, 0.25) is 0 Å². The Balaban J connectivity index is 1.57. The summed E-state index contributed by atoms with van der Waals surface area (Å²) in [5, 5.41) is 4.82. The van der Waals surface area contributed by atoms with Crippen molar-refractivity contribution in [3.05, 3.63) is 66.9 Å². The van der Waals surface area contributed by atoms with Crippen LogP contribution in [-0.2, 0) is 0 Å². The lowest BCUT2D eigenvalue weighted by molar-refractivity contribution is 0.102. The van der Waals surface area contributed by atoms with Crippen molar-refractivity contribution in [3.8, 4) is 11.3 Å². The lowest BCUT2D eigenvalue weighted by Crippen LogP contribution is -2.56. The highest BCUT2D eigenvalue weighted by molar-refractivity contribution is 6.05. The number of carbonyl (C=O) groups excluding carboxylic acids is 1. The number of oxazole rings is 1. The number of nitrogens with two attached hydrogens (primary N) is 1. The molecule has 0 saturated carbocycles. The van der Waals surface area contributed by atoms with E-state index >= 15 is 0 Å². The van der Waals surface area contributed by atoms with E-state index in [1.807, 2.05) is 24.3 Å². The first-order valence-corrected chi connectivity index (χ1v) is 9.23. The van der Waals surface area contributed by atoms with Crippen LogP contribution in [0.3, 0.4) is 0 Å². The van der Waals surface area contributed by atoms with Gasteiger partial charge >= 0.3 is 0 Å². The van der Waals surface area contributed by atoms with E-state index in [9.17, 15) is 4.79 Å². The molecule has 4 aromatic rings. The monoisotopic (exact) mass is 386 g/mol. The predicted molar refractivity (Wildman–Crippen MR) is 110 cm³/mol. The van der Waals surface area contributed by atoms with Gasteiger partial charge in [-0.3, -0.25) is 9.78 Å². The Bertz CT molecular complexity index is 1170. The Morgan fingerprint density at radius 1 is 1.14 bits per heavy atom. The number of anilines is 2. The SMILES string of the molecule is NC1CN(c2nc(NC(=O)c3ccncc3)cc3cc(-c4cnco4)ccc23)C1. The fraction of sp³-hybridized carbons (Fsp3) is 0.143. The zero-order valence-corrected chi connectivity index (χ0v) is 15.4. The smallest absolute Gasteiger partial charge is 0.256 e. The number of benzene rings is 1. The molecule has 1 amide bonds. The Labute approximate surface area is 166 Å². The van der Waals surface area contributed by atoms with Crippen LogP contribution in [0.1, 0.15) is 10.4 Å². The van der Waals surface area contributed by atoms with Crippen molar-refractivity contribution in [2.75, 3.05) is 23.3 Å². The van der Waals surface area contributed by atoms with Gasteiger partial charge in [0.05, 0.1) is 6.20 Å². The van der Waals surface area contributed by atoms with Gasteiger partial charge in [0.1, 0.15) is 11.6 Å². The second-order valence-corrected chi connectivity index (χ2v) is 6.99. The number of amides is 1. The minimum absolute atomic E-state index is 0.135. The van der Waals surface area contributed by atoms with Crippen molar-refractivity contribution < 1.29 is 9.21 Å². The largest absolute Gasteiger partial charge is 0.444 e. The fourth-order valence-electron chi connectivity index (χ4n) is 3.43. The molecule has 1 saturated heterocycles. The molecular weight excluding hydrogens is 368 g/mol. The zero-order chi connectivity index (χ0) is 19.8. The van der Waals surface area contributed by atoms with Gasteiger partial charge in [0.2, 0.25) is 0 Å². The third-order valence-electron chi connectivity index (χ3n) is 4.92. The van der Waals surface area contributed by atoms with Crippen LogP contribution in [-0.4, -0.2) is 40.0 Å². The van der Waals surface area contributed by atoms with Gasteiger partial charge in [0.25, 0.3) is 5.91 Å². The zero-order valence-electron chi connectivity index (χ0n) is 15.4. The van der Waals surface area contributed by atoms with Gasteiger partial charge in [-0.25, -0.2) is 9.97 Å². The predicted octanol–water partition coefficient (Wildman–Crippen LogP) is 2.68. The summed E-state index contributed by atoms with van der Waals surface area (Å²) in [5.74, 6) is 1.72. The molecule has 1 aromatic carbocycles. The van der Waals surface area contributed by atoms with E-state index < -0.39 is 0 Å². The summed E-state index contributed by atoms with van der Waals surface area (Å²) >= 11 is 0. The maximum atomic E-state index is 12.6. The summed E-state index contributed by atoms with van der Waals surface area (Å²) in [5.41, 5.74) is 7.39. The molecule has 0 atom stereocenters. The van der Waals surface area contributed by atoms with Crippen LogP contribution in [0.25, 0.3) is 22.1 Å². The minimum Gasteiger partial charge on any atom is -0.444 e. The lowest BCUT2D eigenvalue weighted by Gasteiger charge is -2.38. The summed E-state index contributed by atoms with van der Waals surface area (Å²) < 4.78 is 5.42. The molecule has 29 heavy (non-hydrogen) atoms. The molecule has 5 rings (SSSR count). The maximum Gasteiger partial charge on any atom is 0.256 e. The Morgan fingerprint density at radius 2 is 1.97 bits per heavy atom. The number of pyridine rings is 2. The van der Waals surface area contributed by atoms with E-state index in [1.54, 1.807) is 30.7 Å². The Hall–Kier alpha value is -3.78. The third-order valence-corrected chi connectivity index (χ3v) is 4.92. The van der Waals surface area contributed by atoms with Crippen LogP contribution in [0, 0.1) is 0 Å². The highest BCUT2D eigenvalue weighted by Gasteiger charge is 2.26. The van der Waals surface area contributed by atoms with E-state index in [-0.39, 0.29) is 11.9 Å². The number of aromatic nitrogens is 3. The Kier molecular flexibility index (Phi) is 4.18. The average molecular weight is 386 g/mol. The second-order valence-electron chi connectivity index (χ2n) is 6.99. The maximum absolute atomic E-state index is 12.6. The first-order chi connectivity index (χ1) is 14.2. The van der Waals surface area contributed by atoms with E-state index in [1.165, 1.54) is 6.39 Å². The summed E-state index contributed by atoms with van der Waals surface area (Å²) in [7, 11) is 0. The molecule has 0 aliphatic carbocycles.